The molecule has 1 aromatic carbocycles. The zero-order valence-electron chi connectivity index (χ0n) is 11.6. The van der Waals surface area contributed by atoms with E-state index in [1.54, 1.807) is 0 Å². The number of aryl methyl sites for hydroxylation is 1. The van der Waals surface area contributed by atoms with Crippen LogP contribution in [0.2, 0.25) is 0 Å². The van der Waals surface area contributed by atoms with E-state index in [4.69, 9.17) is 0 Å². The van der Waals surface area contributed by atoms with E-state index in [9.17, 15) is 14.9 Å². The molecule has 0 aromatic heterocycles. The minimum absolute atomic E-state index is 0.0227. The van der Waals surface area contributed by atoms with Gasteiger partial charge < -0.3 is 16.0 Å². The summed E-state index contributed by atoms with van der Waals surface area (Å²) in [5.74, 6) is -0.0872. The van der Waals surface area contributed by atoms with Gasteiger partial charge in [-0.2, -0.15) is 0 Å². The minimum atomic E-state index is -0.398. The summed E-state index contributed by atoms with van der Waals surface area (Å²) in [4.78, 5) is 22.3. The van der Waals surface area contributed by atoms with Crippen molar-refractivity contribution in [3.8, 4) is 0 Å². The number of piperidine rings is 1. The maximum absolute atomic E-state index is 11.4. The van der Waals surface area contributed by atoms with E-state index < -0.39 is 4.92 Å². The molecule has 0 radical (unpaired) electrons. The van der Waals surface area contributed by atoms with Gasteiger partial charge in [-0.25, -0.2) is 0 Å². The number of anilines is 2. The number of hydrogen-bond donors (Lipinski definition) is 3. The van der Waals surface area contributed by atoms with E-state index in [2.05, 4.69) is 16.0 Å². The maximum atomic E-state index is 11.4. The van der Waals surface area contributed by atoms with Gasteiger partial charge in [-0.15, -0.1) is 0 Å². The molecule has 1 saturated heterocycles. The maximum Gasteiger partial charge on any atom is 0.294 e. The normalized spacial score (nSPS) is 18.8. The van der Waals surface area contributed by atoms with Gasteiger partial charge in [-0.05, 0) is 44.0 Å². The quantitative estimate of drug-likeness (QED) is 0.581. The van der Waals surface area contributed by atoms with Crippen LogP contribution in [0.4, 0.5) is 17.1 Å². The van der Waals surface area contributed by atoms with E-state index >= 15 is 0 Å². The third kappa shape index (κ3) is 2.97. The largest absolute Gasteiger partial charge is 0.377 e. The summed E-state index contributed by atoms with van der Waals surface area (Å²) in [7, 11) is 0. The Labute approximate surface area is 122 Å². The number of nitro groups is 1. The van der Waals surface area contributed by atoms with Crippen molar-refractivity contribution in [2.75, 3.05) is 23.7 Å². The lowest BCUT2D eigenvalue weighted by Crippen LogP contribution is -2.35. The second-order valence-corrected chi connectivity index (χ2v) is 5.50. The summed E-state index contributed by atoms with van der Waals surface area (Å²) < 4.78 is 0. The van der Waals surface area contributed by atoms with Gasteiger partial charge in [0.05, 0.1) is 10.6 Å². The van der Waals surface area contributed by atoms with E-state index in [0.717, 1.165) is 31.5 Å². The first-order valence-electron chi connectivity index (χ1n) is 7.22. The molecule has 0 unspecified atom stereocenters. The molecule has 0 aliphatic carbocycles. The van der Waals surface area contributed by atoms with Crippen LogP contribution < -0.4 is 16.0 Å². The second kappa shape index (κ2) is 5.69. The van der Waals surface area contributed by atoms with Crippen molar-refractivity contribution in [1.82, 2.24) is 5.32 Å². The molecule has 1 aromatic rings. The van der Waals surface area contributed by atoms with Crippen molar-refractivity contribution in [1.29, 1.82) is 0 Å². The van der Waals surface area contributed by atoms with E-state index in [1.807, 2.05) is 6.07 Å². The number of carbonyl (C=O) groups is 1. The summed E-state index contributed by atoms with van der Waals surface area (Å²) in [5.41, 5.74) is 2.10. The predicted molar refractivity (Wildman–Crippen MR) is 79.6 cm³/mol. The molecule has 112 valence electrons. The Kier molecular flexibility index (Phi) is 3.74. The van der Waals surface area contributed by atoms with Crippen LogP contribution in [-0.2, 0) is 11.2 Å². The highest BCUT2D eigenvalue weighted by Crippen LogP contribution is 2.34. The summed E-state index contributed by atoms with van der Waals surface area (Å²) in [6, 6.07) is 3.53. The van der Waals surface area contributed by atoms with Gasteiger partial charge in [0.1, 0.15) is 5.69 Å². The van der Waals surface area contributed by atoms with Gasteiger partial charge in [-0.3, -0.25) is 14.9 Å². The highest BCUT2D eigenvalue weighted by atomic mass is 16.6. The lowest BCUT2D eigenvalue weighted by atomic mass is 10.00. The SMILES string of the molecule is O=C1CCc2cc(NC3CCNCC3)c([N+](=O)[O-])cc2N1. The highest BCUT2D eigenvalue weighted by Gasteiger charge is 2.24. The van der Waals surface area contributed by atoms with Crippen molar-refractivity contribution in [3.63, 3.8) is 0 Å². The van der Waals surface area contributed by atoms with Crippen molar-refractivity contribution in [2.45, 2.75) is 31.7 Å². The van der Waals surface area contributed by atoms with Gasteiger partial charge >= 0.3 is 0 Å². The molecule has 0 spiro atoms. The van der Waals surface area contributed by atoms with Gasteiger partial charge in [0, 0.05) is 18.5 Å². The number of carbonyl (C=O) groups excluding carboxylic acids is 1. The lowest BCUT2D eigenvalue weighted by molar-refractivity contribution is -0.383. The number of nitrogens with zero attached hydrogens (tertiary/aromatic N) is 1. The average Bonchev–Trinajstić information content (AvgIpc) is 2.47. The molecule has 3 rings (SSSR count). The van der Waals surface area contributed by atoms with Crippen molar-refractivity contribution < 1.29 is 9.72 Å². The predicted octanol–water partition coefficient (Wildman–Crippen LogP) is 1.64. The fraction of sp³-hybridized carbons (Fsp3) is 0.500. The third-order valence-electron chi connectivity index (χ3n) is 4.01. The fourth-order valence-corrected chi connectivity index (χ4v) is 2.87. The number of amides is 1. The van der Waals surface area contributed by atoms with Crippen molar-refractivity contribution >= 4 is 23.0 Å². The summed E-state index contributed by atoms with van der Waals surface area (Å²) in [6.07, 6.45) is 2.95. The zero-order chi connectivity index (χ0) is 14.8. The topological polar surface area (TPSA) is 96.3 Å². The molecule has 2 heterocycles. The monoisotopic (exact) mass is 290 g/mol. The number of hydrogen-bond acceptors (Lipinski definition) is 5. The molecule has 2 aliphatic heterocycles. The molecule has 0 saturated carbocycles. The number of benzene rings is 1. The Hall–Kier alpha value is -2.15. The van der Waals surface area contributed by atoms with Gasteiger partial charge in [-0.1, -0.05) is 0 Å². The standard InChI is InChI=1S/C14H18N4O3/c19-14-2-1-9-7-12(16-10-3-5-15-6-4-10)13(18(20)21)8-11(9)17-14/h7-8,10,15-16H,1-6H2,(H,17,19). The summed E-state index contributed by atoms with van der Waals surface area (Å²) in [5, 5.41) is 20.5. The molecule has 7 heteroatoms. The summed E-state index contributed by atoms with van der Waals surface area (Å²) >= 11 is 0. The molecule has 0 atom stereocenters. The molecular formula is C14H18N4O3. The van der Waals surface area contributed by atoms with Crippen LogP contribution in [0, 0.1) is 10.1 Å². The average molecular weight is 290 g/mol. The van der Waals surface area contributed by atoms with E-state index in [1.165, 1.54) is 6.07 Å². The Bertz CT molecular complexity index is 582. The van der Waals surface area contributed by atoms with Crippen LogP contribution in [0.15, 0.2) is 12.1 Å². The van der Waals surface area contributed by atoms with Gasteiger partial charge in [0.15, 0.2) is 0 Å². The highest BCUT2D eigenvalue weighted by molar-refractivity contribution is 5.95. The molecule has 2 aliphatic rings. The van der Waals surface area contributed by atoms with E-state index in [-0.39, 0.29) is 17.6 Å². The number of nitrogens with one attached hydrogen (secondary N) is 3. The van der Waals surface area contributed by atoms with Crippen LogP contribution in [0.3, 0.4) is 0 Å². The first-order valence-corrected chi connectivity index (χ1v) is 7.22. The molecule has 1 amide bonds. The van der Waals surface area contributed by atoms with Crippen molar-refractivity contribution in [3.05, 3.63) is 27.8 Å². The smallest absolute Gasteiger partial charge is 0.294 e. The van der Waals surface area contributed by atoms with Crippen molar-refractivity contribution in [2.24, 2.45) is 0 Å². The molecule has 1 fully saturated rings. The number of rotatable bonds is 3. The lowest BCUT2D eigenvalue weighted by Gasteiger charge is -2.25. The molecular weight excluding hydrogens is 272 g/mol. The summed E-state index contributed by atoms with van der Waals surface area (Å²) in [6.45, 7) is 1.85. The Morgan fingerprint density at radius 3 is 2.71 bits per heavy atom. The molecule has 21 heavy (non-hydrogen) atoms. The first kappa shape index (κ1) is 13.8. The van der Waals surface area contributed by atoms with Gasteiger partial charge in [0.2, 0.25) is 5.91 Å². The number of nitro benzene ring substituents is 1. The zero-order valence-corrected chi connectivity index (χ0v) is 11.6. The fourth-order valence-electron chi connectivity index (χ4n) is 2.87. The van der Waals surface area contributed by atoms with Gasteiger partial charge in [0.25, 0.3) is 5.69 Å². The van der Waals surface area contributed by atoms with E-state index in [0.29, 0.717) is 24.2 Å². The van der Waals surface area contributed by atoms with Crippen LogP contribution in [0.25, 0.3) is 0 Å². The molecule has 0 bridgehead atoms. The Morgan fingerprint density at radius 2 is 2.00 bits per heavy atom. The van der Waals surface area contributed by atoms with Crippen LogP contribution in [0.1, 0.15) is 24.8 Å². The minimum Gasteiger partial charge on any atom is -0.377 e. The third-order valence-corrected chi connectivity index (χ3v) is 4.01. The second-order valence-electron chi connectivity index (χ2n) is 5.50. The Balaban J connectivity index is 1.90. The molecule has 3 N–H and O–H groups in total. The first-order chi connectivity index (χ1) is 10.1. The van der Waals surface area contributed by atoms with Crippen LogP contribution >= 0.6 is 0 Å². The number of fused-ring (bicyclic) bond motifs is 1. The van der Waals surface area contributed by atoms with Crippen LogP contribution in [0.5, 0.6) is 0 Å². The molecule has 7 nitrogen and oxygen atoms in total. The van der Waals surface area contributed by atoms with Crippen LogP contribution in [-0.4, -0.2) is 30.0 Å². The Morgan fingerprint density at radius 1 is 1.24 bits per heavy atom.